The molecule has 0 fully saturated rings. The number of halogens is 2. The molecular weight excluding hydrogens is 355 g/mol. The number of amidine groups is 1. The third-order valence-corrected chi connectivity index (χ3v) is 4.02. The van der Waals surface area contributed by atoms with Gasteiger partial charge in [-0.1, -0.05) is 35.0 Å². The van der Waals surface area contributed by atoms with Gasteiger partial charge >= 0.3 is 0 Å². The summed E-state index contributed by atoms with van der Waals surface area (Å²) in [5.41, 5.74) is 2.02. The summed E-state index contributed by atoms with van der Waals surface area (Å²) in [5, 5.41) is 12.5. The molecule has 0 spiro atoms. The van der Waals surface area contributed by atoms with Crippen LogP contribution in [0.1, 0.15) is 0 Å². The molecule has 0 amide bonds. The molecule has 0 saturated carbocycles. The van der Waals surface area contributed by atoms with E-state index in [-0.39, 0.29) is 0 Å². The predicted molar refractivity (Wildman–Crippen MR) is 95.6 cm³/mol. The minimum atomic E-state index is 0.446. The van der Waals surface area contributed by atoms with Crippen LogP contribution in [0.4, 0.5) is 5.69 Å². The minimum Gasteiger partial charge on any atom is -0.481 e. The first kappa shape index (κ1) is 17.4. The number of hydrogen-bond acceptors (Lipinski definition) is 5. The highest BCUT2D eigenvalue weighted by Crippen LogP contribution is 2.38. The lowest BCUT2D eigenvalue weighted by molar-refractivity contribution is 0.398. The van der Waals surface area contributed by atoms with E-state index in [1.54, 1.807) is 37.6 Å². The van der Waals surface area contributed by atoms with Crippen LogP contribution in [-0.2, 0) is 0 Å². The minimum absolute atomic E-state index is 0.446. The van der Waals surface area contributed by atoms with Gasteiger partial charge in [0.25, 0.3) is 0 Å². The summed E-state index contributed by atoms with van der Waals surface area (Å²) in [4.78, 5) is 8.36. The van der Waals surface area contributed by atoms with Crippen LogP contribution in [0.2, 0.25) is 10.0 Å². The average molecular weight is 367 g/mol. The Morgan fingerprint density at radius 1 is 1.35 bits per heavy atom. The maximum Gasteiger partial charge on any atom is 0.213 e. The van der Waals surface area contributed by atoms with Crippen LogP contribution >= 0.6 is 35.0 Å². The Hall–Kier alpha value is -1.94. The molecule has 0 saturated heterocycles. The molecule has 2 aromatic rings. The van der Waals surface area contributed by atoms with Gasteiger partial charge in [0.1, 0.15) is 0 Å². The Morgan fingerprint density at radius 3 is 2.61 bits per heavy atom. The molecule has 1 aromatic heterocycles. The van der Waals surface area contributed by atoms with Crippen molar-refractivity contribution in [1.82, 2.24) is 10.3 Å². The zero-order valence-electron chi connectivity index (χ0n) is 12.3. The number of nitrogens with zero attached hydrogens (tertiary/aromatic N) is 3. The number of thioether (sulfide) groups is 1. The van der Waals surface area contributed by atoms with E-state index in [2.05, 4.69) is 15.3 Å². The molecule has 23 heavy (non-hydrogen) atoms. The van der Waals surface area contributed by atoms with E-state index in [0.29, 0.717) is 32.3 Å². The lowest BCUT2D eigenvalue weighted by atomic mass is 10.1. The van der Waals surface area contributed by atoms with E-state index in [9.17, 15) is 0 Å². The largest absolute Gasteiger partial charge is 0.481 e. The fraction of sp³-hybridized carbons (Fsp3) is 0.133. The van der Waals surface area contributed by atoms with Gasteiger partial charge in [0.2, 0.25) is 5.88 Å². The first-order valence-corrected chi connectivity index (χ1v) is 8.34. The number of nitriles is 1. The van der Waals surface area contributed by atoms with Gasteiger partial charge in [-0.05, 0) is 30.0 Å². The first-order chi connectivity index (χ1) is 11.1. The van der Waals surface area contributed by atoms with Gasteiger partial charge < -0.3 is 4.74 Å². The molecule has 1 heterocycles. The van der Waals surface area contributed by atoms with Gasteiger partial charge in [0, 0.05) is 17.8 Å². The number of ether oxygens (including phenoxy) is 1. The molecule has 5 nitrogen and oxygen atoms in total. The predicted octanol–water partition coefficient (Wildman–Crippen LogP) is 4.49. The lowest BCUT2D eigenvalue weighted by Crippen LogP contribution is -2.12. The Kier molecular flexibility index (Phi) is 6.11. The van der Waals surface area contributed by atoms with Gasteiger partial charge in [0.15, 0.2) is 11.4 Å². The van der Waals surface area contributed by atoms with Crippen LogP contribution in [0.3, 0.4) is 0 Å². The van der Waals surface area contributed by atoms with E-state index in [0.717, 1.165) is 5.56 Å². The summed E-state index contributed by atoms with van der Waals surface area (Å²) < 4.78 is 5.11. The Labute approximate surface area is 148 Å². The number of methoxy groups -OCH3 is 1. The van der Waals surface area contributed by atoms with Crippen LogP contribution in [0.15, 0.2) is 35.5 Å². The molecule has 0 bridgehead atoms. The van der Waals surface area contributed by atoms with Crippen LogP contribution in [0, 0.1) is 11.5 Å². The highest BCUT2D eigenvalue weighted by molar-refractivity contribution is 8.13. The number of pyridine rings is 1. The number of aromatic nitrogens is 1. The summed E-state index contributed by atoms with van der Waals surface area (Å²) in [6.45, 7) is 0. The summed E-state index contributed by atoms with van der Waals surface area (Å²) in [5.74, 6) is 0.472. The van der Waals surface area contributed by atoms with E-state index in [1.165, 1.54) is 11.8 Å². The monoisotopic (exact) mass is 366 g/mol. The quantitative estimate of drug-likeness (QED) is 0.375. The van der Waals surface area contributed by atoms with Gasteiger partial charge in [-0.15, -0.1) is 0 Å². The van der Waals surface area contributed by atoms with Crippen molar-refractivity contribution in [3.8, 4) is 23.2 Å². The number of benzene rings is 1. The second kappa shape index (κ2) is 8.06. The van der Waals surface area contributed by atoms with Crippen molar-refractivity contribution in [2.75, 3.05) is 13.4 Å². The summed E-state index contributed by atoms with van der Waals surface area (Å²) in [6.07, 6.45) is 5.26. The average Bonchev–Trinajstić information content (AvgIpc) is 2.54. The highest BCUT2D eigenvalue weighted by Gasteiger charge is 2.12. The lowest BCUT2D eigenvalue weighted by Gasteiger charge is -2.10. The number of hydrogen-bond donors (Lipinski definition) is 1. The first-order valence-electron chi connectivity index (χ1n) is 6.36. The molecule has 0 radical (unpaired) electrons. The van der Waals surface area contributed by atoms with Gasteiger partial charge in [-0.2, -0.15) is 5.26 Å². The zero-order valence-corrected chi connectivity index (χ0v) is 14.6. The molecule has 8 heteroatoms. The summed E-state index contributed by atoms with van der Waals surface area (Å²) in [6, 6.07) is 6.92. The van der Waals surface area contributed by atoms with E-state index in [4.69, 9.17) is 33.2 Å². The van der Waals surface area contributed by atoms with Crippen LogP contribution in [-0.4, -0.2) is 23.5 Å². The number of rotatable bonds is 3. The Morgan fingerprint density at radius 2 is 2.04 bits per heavy atom. The molecule has 0 aliphatic heterocycles. The molecule has 1 aromatic carbocycles. The fourth-order valence-corrected chi connectivity index (χ4v) is 2.90. The normalized spacial score (nSPS) is 11.0. The van der Waals surface area contributed by atoms with Gasteiger partial charge in [-0.25, -0.2) is 9.98 Å². The van der Waals surface area contributed by atoms with Crippen molar-refractivity contribution in [2.45, 2.75) is 0 Å². The maximum atomic E-state index is 8.67. The number of nitrogens with one attached hydrogen (secondary N) is 1. The van der Waals surface area contributed by atoms with E-state index in [1.807, 2.05) is 12.4 Å². The molecule has 2 rings (SSSR count). The molecular formula is C15H12Cl2N4OS. The SMILES string of the molecule is COc1cc(-c2c(Cl)cc(N=C(NC#N)SC)cc2Cl)ccn1. The van der Waals surface area contributed by atoms with E-state index < -0.39 is 0 Å². The Bertz CT molecular complexity index is 766. The smallest absolute Gasteiger partial charge is 0.213 e. The van der Waals surface area contributed by atoms with Crippen molar-refractivity contribution in [3.63, 3.8) is 0 Å². The summed E-state index contributed by atoms with van der Waals surface area (Å²) in [7, 11) is 1.54. The highest BCUT2D eigenvalue weighted by atomic mass is 35.5. The standard InChI is InChI=1S/C15H12Cl2N4OS/c1-22-13-5-9(3-4-19-13)14-11(16)6-10(7-12(14)17)21-15(23-2)20-8-18/h3-7H,1-2H3,(H,20,21). The van der Waals surface area contributed by atoms with Crippen LogP contribution in [0.25, 0.3) is 11.1 Å². The molecule has 118 valence electrons. The van der Waals surface area contributed by atoms with Crippen molar-refractivity contribution in [2.24, 2.45) is 4.99 Å². The molecule has 1 N–H and O–H groups in total. The molecule has 0 aliphatic carbocycles. The van der Waals surface area contributed by atoms with Crippen LogP contribution in [0.5, 0.6) is 5.88 Å². The third-order valence-electron chi connectivity index (χ3n) is 2.85. The molecule has 0 atom stereocenters. The van der Waals surface area contributed by atoms with E-state index >= 15 is 0 Å². The maximum absolute atomic E-state index is 8.67. The Balaban J connectivity index is 2.47. The van der Waals surface area contributed by atoms with Crippen molar-refractivity contribution < 1.29 is 4.74 Å². The van der Waals surface area contributed by atoms with Crippen molar-refractivity contribution in [3.05, 3.63) is 40.5 Å². The van der Waals surface area contributed by atoms with Crippen molar-refractivity contribution >= 4 is 45.8 Å². The fourth-order valence-electron chi connectivity index (χ4n) is 1.87. The number of aliphatic imine (C=N–C) groups is 1. The zero-order chi connectivity index (χ0) is 16.8. The molecule has 0 aliphatic rings. The summed E-state index contributed by atoms with van der Waals surface area (Å²) >= 11 is 14.0. The topological polar surface area (TPSA) is 70.3 Å². The van der Waals surface area contributed by atoms with Crippen molar-refractivity contribution in [1.29, 1.82) is 5.26 Å². The molecule has 0 unspecified atom stereocenters. The van der Waals surface area contributed by atoms with Gasteiger partial charge in [-0.3, -0.25) is 5.32 Å². The van der Waals surface area contributed by atoms with Crippen LogP contribution < -0.4 is 10.1 Å². The third kappa shape index (κ3) is 4.29. The second-order valence-electron chi connectivity index (χ2n) is 4.23. The van der Waals surface area contributed by atoms with Gasteiger partial charge in [0.05, 0.1) is 22.8 Å². The second-order valence-corrected chi connectivity index (χ2v) is 5.84.